The maximum Gasteiger partial charge on any atom is 0.323 e. The predicted octanol–water partition coefficient (Wildman–Crippen LogP) is 1.80. The molecule has 2 rings (SSSR count). The van der Waals surface area contributed by atoms with Crippen molar-refractivity contribution in [2.24, 2.45) is 7.05 Å². The van der Waals surface area contributed by atoms with Gasteiger partial charge in [0.2, 0.25) is 0 Å². The lowest BCUT2D eigenvalue weighted by molar-refractivity contribution is -0.135. The molecule has 1 amide bonds. The molecule has 0 aliphatic carbocycles. The third-order valence-corrected chi connectivity index (χ3v) is 2.85. The van der Waals surface area contributed by atoms with E-state index in [0.29, 0.717) is 16.3 Å². The fourth-order valence-corrected chi connectivity index (χ4v) is 1.93. The molecule has 0 saturated heterocycles. The van der Waals surface area contributed by atoms with E-state index >= 15 is 0 Å². The van der Waals surface area contributed by atoms with E-state index < -0.39 is 18.4 Å². The molecule has 6 nitrogen and oxygen atoms in total. The van der Waals surface area contributed by atoms with Crippen molar-refractivity contribution in [3.05, 3.63) is 47.2 Å². The number of nitrogens with zero attached hydrogens (tertiary/aromatic N) is 3. The van der Waals surface area contributed by atoms with Crippen LogP contribution in [0.4, 0.5) is 5.69 Å². The number of carbonyl (C=O) groups is 2. The monoisotopic (exact) mass is 293 g/mol. The second kappa shape index (κ2) is 5.75. The minimum Gasteiger partial charge on any atom is -0.480 e. The van der Waals surface area contributed by atoms with E-state index in [-0.39, 0.29) is 0 Å². The van der Waals surface area contributed by atoms with E-state index in [9.17, 15) is 9.59 Å². The number of hydrogen-bond donors (Lipinski definition) is 1. The van der Waals surface area contributed by atoms with Crippen LogP contribution in [0, 0.1) is 0 Å². The van der Waals surface area contributed by atoms with Crippen molar-refractivity contribution in [1.82, 2.24) is 9.78 Å². The van der Waals surface area contributed by atoms with Crippen LogP contribution in [0.1, 0.15) is 10.4 Å². The first-order valence-corrected chi connectivity index (χ1v) is 6.13. The molecule has 1 heterocycles. The number of aryl methyl sites for hydroxylation is 1. The molecule has 0 aliphatic heterocycles. The van der Waals surface area contributed by atoms with Crippen LogP contribution in [0.25, 0.3) is 0 Å². The molecule has 7 heteroatoms. The molecule has 0 aliphatic rings. The van der Waals surface area contributed by atoms with Crippen molar-refractivity contribution >= 4 is 29.2 Å². The van der Waals surface area contributed by atoms with Gasteiger partial charge in [0.15, 0.2) is 0 Å². The zero-order valence-electron chi connectivity index (χ0n) is 10.7. The maximum atomic E-state index is 12.4. The quantitative estimate of drug-likeness (QED) is 0.933. The van der Waals surface area contributed by atoms with Crippen LogP contribution < -0.4 is 4.90 Å². The zero-order valence-corrected chi connectivity index (χ0v) is 11.4. The lowest BCUT2D eigenvalue weighted by Gasteiger charge is -2.20. The average molecular weight is 294 g/mol. The van der Waals surface area contributed by atoms with Gasteiger partial charge in [-0.15, -0.1) is 0 Å². The van der Waals surface area contributed by atoms with Gasteiger partial charge in [-0.1, -0.05) is 17.7 Å². The van der Waals surface area contributed by atoms with Crippen molar-refractivity contribution in [2.45, 2.75) is 0 Å². The van der Waals surface area contributed by atoms with Gasteiger partial charge in [0.25, 0.3) is 5.91 Å². The fraction of sp³-hybridized carbons (Fsp3) is 0.154. The van der Waals surface area contributed by atoms with Crippen molar-refractivity contribution in [3.63, 3.8) is 0 Å². The number of carboxylic acids is 1. The van der Waals surface area contributed by atoms with Gasteiger partial charge >= 0.3 is 5.97 Å². The van der Waals surface area contributed by atoms with Crippen molar-refractivity contribution in [1.29, 1.82) is 0 Å². The SMILES string of the molecule is Cn1cc(C(=O)N(CC(=O)O)c2cccc(Cl)c2)cn1. The minimum absolute atomic E-state index is 0.314. The number of halogens is 1. The first-order valence-electron chi connectivity index (χ1n) is 5.75. The van der Waals surface area contributed by atoms with Gasteiger partial charge in [-0.2, -0.15) is 5.10 Å². The van der Waals surface area contributed by atoms with Gasteiger partial charge < -0.3 is 5.11 Å². The van der Waals surface area contributed by atoms with Gasteiger partial charge in [-0.25, -0.2) is 0 Å². The topological polar surface area (TPSA) is 75.4 Å². The Bertz CT molecular complexity index is 654. The largest absolute Gasteiger partial charge is 0.480 e. The highest BCUT2D eigenvalue weighted by Gasteiger charge is 2.21. The summed E-state index contributed by atoms with van der Waals surface area (Å²) in [6.45, 7) is -0.450. The highest BCUT2D eigenvalue weighted by Crippen LogP contribution is 2.21. The Morgan fingerprint density at radius 3 is 2.75 bits per heavy atom. The van der Waals surface area contributed by atoms with Crippen LogP contribution in [0.15, 0.2) is 36.7 Å². The molecule has 104 valence electrons. The Morgan fingerprint density at radius 1 is 1.45 bits per heavy atom. The number of anilines is 1. The molecule has 1 aromatic heterocycles. The summed E-state index contributed by atoms with van der Waals surface area (Å²) in [6.07, 6.45) is 2.92. The number of amides is 1. The summed E-state index contributed by atoms with van der Waals surface area (Å²) in [4.78, 5) is 24.5. The molecule has 1 N–H and O–H groups in total. The van der Waals surface area contributed by atoms with E-state index in [4.69, 9.17) is 16.7 Å². The van der Waals surface area contributed by atoms with E-state index in [1.807, 2.05) is 0 Å². The summed E-state index contributed by atoms with van der Waals surface area (Å²) in [6, 6.07) is 6.48. The molecule has 0 spiro atoms. The van der Waals surface area contributed by atoms with E-state index in [1.54, 1.807) is 31.3 Å². The molecular weight excluding hydrogens is 282 g/mol. The third kappa shape index (κ3) is 3.16. The van der Waals surface area contributed by atoms with E-state index in [2.05, 4.69) is 5.10 Å². The van der Waals surface area contributed by atoms with Gasteiger partial charge in [0.1, 0.15) is 6.54 Å². The summed E-state index contributed by atoms with van der Waals surface area (Å²) in [5.41, 5.74) is 0.738. The van der Waals surface area contributed by atoms with Crippen LogP contribution in [0.5, 0.6) is 0 Å². The molecule has 1 aromatic carbocycles. The van der Waals surface area contributed by atoms with Crippen LogP contribution in [0.3, 0.4) is 0 Å². The van der Waals surface area contributed by atoms with Crippen molar-refractivity contribution in [2.75, 3.05) is 11.4 Å². The predicted molar refractivity (Wildman–Crippen MR) is 74.0 cm³/mol. The lowest BCUT2D eigenvalue weighted by Crippen LogP contribution is -2.35. The molecule has 2 aromatic rings. The van der Waals surface area contributed by atoms with Crippen LogP contribution >= 0.6 is 11.6 Å². The number of hydrogen-bond acceptors (Lipinski definition) is 3. The van der Waals surface area contributed by atoms with Crippen molar-refractivity contribution in [3.8, 4) is 0 Å². The smallest absolute Gasteiger partial charge is 0.323 e. The molecule has 0 atom stereocenters. The second-order valence-electron chi connectivity index (χ2n) is 4.17. The molecule has 0 bridgehead atoms. The number of carboxylic acid groups (broad SMARTS) is 1. The van der Waals surface area contributed by atoms with Gasteiger partial charge in [-0.05, 0) is 18.2 Å². The summed E-state index contributed by atoms with van der Waals surface area (Å²) >= 11 is 5.88. The Balaban J connectivity index is 2.37. The number of aromatic nitrogens is 2. The normalized spacial score (nSPS) is 10.3. The third-order valence-electron chi connectivity index (χ3n) is 2.61. The van der Waals surface area contributed by atoms with Gasteiger partial charge in [0.05, 0.1) is 11.8 Å². The number of carbonyl (C=O) groups excluding carboxylic acids is 1. The number of benzene rings is 1. The molecule has 0 fully saturated rings. The summed E-state index contributed by atoms with van der Waals surface area (Å²) < 4.78 is 1.48. The second-order valence-corrected chi connectivity index (χ2v) is 4.60. The van der Waals surface area contributed by atoms with Gasteiger partial charge in [-0.3, -0.25) is 19.2 Å². The Hall–Kier alpha value is -2.34. The van der Waals surface area contributed by atoms with Crippen LogP contribution in [-0.2, 0) is 11.8 Å². The Morgan fingerprint density at radius 2 is 2.20 bits per heavy atom. The van der Waals surface area contributed by atoms with Gasteiger partial charge in [0, 0.05) is 24.0 Å². The zero-order chi connectivity index (χ0) is 14.7. The molecule has 0 unspecified atom stereocenters. The Labute approximate surface area is 120 Å². The standard InChI is InChI=1S/C13H12ClN3O3/c1-16-7-9(6-15-16)13(20)17(8-12(18)19)11-4-2-3-10(14)5-11/h2-7H,8H2,1H3,(H,18,19). The minimum atomic E-state index is -1.11. The highest BCUT2D eigenvalue weighted by molar-refractivity contribution is 6.31. The molecular formula is C13H12ClN3O3. The first-order chi connectivity index (χ1) is 9.47. The molecule has 0 radical (unpaired) electrons. The first kappa shape index (κ1) is 14.1. The van der Waals surface area contributed by atoms with E-state index in [1.165, 1.54) is 17.1 Å². The van der Waals surface area contributed by atoms with E-state index in [0.717, 1.165) is 4.90 Å². The highest BCUT2D eigenvalue weighted by atomic mass is 35.5. The molecule has 0 saturated carbocycles. The fourth-order valence-electron chi connectivity index (χ4n) is 1.75. The number of aliphatic carboxylic acids is 1. The molecule has 20 heavy (non-hydrogen) atoms. The van der Waals surface area contributed by atoms with Crippen LogP contribution in [-0.4, -0.2) is 33.3 Å². The summed E-state index contributed by atoms with van der Waals surface area (Å²) in [5, 5.41) is 13.3. The Kier molecular flexibility index (Phi) is 4.05. The summed E-state index contributed by atoms with van der Waals surface area (Å²) in [5.74, 6) is -1.55. The average Bonchev–Trinajstić information content (AvgIpc) is 2.81. The van der Waals surface area contributed by atoms with Crippen LogP contribution in [0.2, 0.25) is 5.02 Å². The summed E-state index contributed by atoms with van der Waals surface area (Å²) in [7, 11) is 1.68. The maximum absolute atomic E-state index is 12.4. The lowest BCUT2D eigenvalue weighted by atomic mass is 10.2. The van der Waals surface area contributed by atoms with Crippen molar-refractivity contribution < 1.29 is 14.7 Å². The number of rotatable bonds is 4.